The summed E-state index contributed by atoms with van der Waals surface area (Å²) in [4.78, 5) is 136. The van der Waals surface area contributed by atoms with Crippen LogP contribution in [0.25, 0.3) is 0 Å². The number of guanidine groups is 1. The van der Waals surface area contributed by atoms with Crippen molar-refractivity contribution in [3.63, 3.8) is 0 Å². The summed E-state index contributed by atoms with van der Waals surface area (Å²) in [6, 6.07) is -9.31. The summed E-state index contributed by atoms with van der Waals surface area (Å²) in [5, 5.41) is 28.4. The van der Waals surface area contributed by atoms with Gasteiger partial charge in [-0.25, -0.2) is 0 Å². The average Bonchev–Trinajstić information content (AvgIpc) is 3.72. The first-order valence-electron chi connectivity index (χ1n) is 21.7. The van der Waals surface area contributed by atoms with Crippen LogP contribution in [-0.4, -0.2) is 143 Å². The molecule has 0 saturated carbocycles. The number of amides is 10. The number of aliphatic hydroxyl groups is 1. The van der Waals surface area contributed by atoms with Crippen molar-refractivity contribution >= 4 is 65.0 Å². The molecule has 0 bridgehead atoms. The van der Waals surface area contributed by atoms with E-state index in [0.29, 0.717) is 32.2 Å². The van der Waals surface area contributed by atoms with Crippen molar-refractivity contribution in [2.45, 2.75) is 155 Å². The zero-order valence-corrected chi connectivity index (χ0v) is 38.0. The van der Waals surface area contributed by atoms with Crippen LogP contribution in [0.2, 0.25) is 0 Å². The number of aliphatic imine (C=N–C) groups is 1. The zero-order chi connectivity index (χ0) is 48.8. The minimum absolute atomic E-state index is 0.0652. The van der Waals surface area contributed by atoms with E-state index in [0.717, 1.165) is 6.92 Å². The third kappa shape index (κ3) is 18.7. The minimum Gasteiger partial charge on any atom is -0.391 e. The van der Waals surface area contributed by atoms with E-state index in [2.05, 4.69) is 42.2 Å². The lowest BCUT2D eigenvalue weighted by Gasteiger charge is -2.32. The molecular formula is C40H71N13O11. The van der Waals surface area contributed by atoms with Crippen molar-refractivity contribution in [2.75, 3.05) is 19.6 Å². The predicted octanol–water partition coefficient (Wildman–Crippen LogP) is -4.29. The van der Waals surface area contributed by atoms with E-state index < -0.39 is 126 Å². The second-order valence-electron chi connectivity index (χ2n) is 16.1. The highest BCUT2D eigenvalue weighted by atomic mass is 16.3. The molecule has 1 fully saturated rings. The Morgan fingerprint density at radius 2 is 1.19 bits per heavy atom. The molecule has 0 aromatic carbocycles. The van der Waals surface area contributed by atoms with Crippen LogP contribution in [0.3, 0.4) is 0 Å². The number of nitrogens with two attached hydrogens (primary N) is 4. The number of carbonyl (C=O) groups is 10. The summed E-state index contributed by atoms with van der Waals surface area (Å²) in [6.07, 6.45) is -0.988. The Morgan fingerprint density at radius 3 is 1.67 bits per heavy atom. The normalized spacial score (nSPS) is 17.6. The lowest BCUT2D eigenvalue weighted by atomic mass is 9.96. The van der Waals surface area contributed by atoms with Gasteiger partial charge in [-0.2, -0.15) is 0 Å². The van der Waals surface area contributed by atoms with Gasteiger partial charge in [0.15, 0.2) is 5.96 Å². The number of carbonyl (C=O) groups excluding carboxylic acids is 10. The SMILES string of the molecule is CCNC(=O)[C@@H]1CCCN1C(=O)[C@H](CCCN=C(N)N)NC(=O)[C@@H](NC(=O)[C@H](CCC(N)=O)NC(=O)[C@@H](NC(=O)[C@H](NC(=O)[C@H](CC(N)=O)NC(C)=O)[C@@H](C)CC)[C@@H](C)O)[C@@H](C)CC. The maximum Gasteiger partial charge on any atom is 0.245 e. The van der Waals surface area contributed by atoms with Gasteiger partial charge in [-0.1, -0.05) is 40.5 Å². The molecule has 1 rings (SSSR count). The Balaban J connectivity index is 3.45. The number of likely N-dealkylation sites (N-methyl/N-ethyl adjacent to an activating group) is 1. The van der Waals surface area contributed by atoms with Gasteiger partial charge in [-0.05, 0) is 57.8 Å². The number of likely N-dealkylation sites (tertiary alicyclic amines) is 1. The lowest BCUT2D eigenvalue weighted by Crippen LogP contribution is -2.63. The highest BCUT2D eigenvalue weighted by molar-refractivity contribution is 5.98. The molecule has 64 heavy (non-hydrogen) atoms. The first-order chi connectivity index (χ1) is 30.0. The van der Waals surface area contributed by atoms with Gasteiger partial charge >= 0.3 is 0 Å². The van der Waals surface area contributed by atoms with E-state index in [1.807, 2.05) is 0 Å². The third-order valence-electron chi connectivity index (χ3n) is 10.8. The smallest absolute Gasteiger partial charge is 0.245 e. The zero-order valence-electron chi connectivity index (χ0n) is 38.0. The van der Waals surface area contributed by atoms with E-state index in [1.165, 1.54) is 11.8 Å². The molecule has 0 aromatic rings. The molecule has 1 saturated heterocycles. The van der Waals surface area contributed by atoms with E-state index >= 15 is 0 Å². The summed E-state index contributed by atoms with van der Waals surface area (Å²) in [5.74, 6) is -9.21. The Bertz CT molecular complexity index is 1670. The van der Waals surface area contributed by atoms with Gasteiger partial charge in [0.25, 0.3) is 0 Å². The van der Waals surface area contributed by atoms with Gasteiger partial charge in [-0.15, -0.1) is 0 Å². The Hall–Kier alpha value is -6.07. The van der Waals surface area contributed by atoms with Crippen LogP contribution in [0, 0.1) is 11.8 Å². The summed E-state index contributed by atoms with van der Waals surface area (Å²) < 4.78 is 0. The third-order valence-corrected chi connectivity index (χ3v) is 10.8. The van der Waals surface area contributed by atoms with Crippen LogP contribution < -0.4 is 60.2 Å². The number of primary amides is 2. The van der Waals surface area contributed by atoms with E-state index in [9.17, 15) is 53.1 Å². The number of nitrogens with one attached hydrogen (secondary N) is 7. The first-order valence-corrected chi connectivity index (χ1v) is 21.7. The maximum atomic E-state index is 14.1. The second kappa shape index (κ2) is 27.9. The molecule has 1 aliphatic rings. The van der Waals surface area contributed by atoms with Crippen LogP contribution in [-0.2, 0) is 47.9 Å². The summed E-state index contributed by atoms with van der Waals surface area (Å²) >= 11 is 0. The van der Waals surface area contributed by atoms with Crippen molar-refractivity contribution in [1.29, 1.82) is 0 Å². The van der Waals surface area contributed by atoms with Crippen LogP contribution in [0.1, 0.15) is 106 Å². The summed E-state index contributed by atoms with van der Waals surface area (Å²) in [7, 11) is 0. The summed E-state index contributed by atoms with van der Waals surface area (Å²) in [6.45, 7) is 11.5. The monoisotopic (exact) mass is 910 g/mol. The molecule has 0 aliphatic carbocycles. The summed E-state index contributed by atoms with van der Waals surface area (Å²) in [5.41, 5.74) is 21.6. The standard InChI is InChI=1S/C40H71N13O11/c1-8-20(4)30(36(61)49-25(13-11-17-46-40(43)44)39(64)53-18-12-14-27(53)35(60)45-10-3)50-33(58)24(15-16-28(41)56)48-38(63)32(22(6)54)52-37(62)31(21(5)9-2)51-34(59)26(19-29(42)57)47-23(7)55/h20-22,24-27,30-32,54H,8-19H2,1-7H3,(H2,41,56)(H2,42,57)(H,45,60)(H,47,55)(H,48,63)(H,49,61)(H,50,58)(H,51,59)(H,52,62)(H4,43,44,46)/t20-,21-,22+,24-,25-,26-,27-,30-,31+,32-/m0/s1. The number of hydrogen-bond acceptors (Lipinski definition) is 12. The van der Waals surface area contributed by atoms with Gasteiger partial charge in [-0.3, -0.25) is 52.9 Å². The number of nitrogens with zero attached hydrogens (tertiary/aromatic N) is 2. The van der Waals surface area contributed by atoms with Gasteiger partial charge in [0, 0.05) is 33.0 Å². The van der Waals surface area contributed by atoms with Crippen molar-refractivity contribution in [3.05, 3.63) is 0 Å². The molecule has 0 radical (unpaired) electrons. The highest BCUT2D eigenvalue weighted by Crippen LogP contribution is 2.20. The van der Waals surface area contributed by atoms with Crippen LogP contribution in [0.5, 0.6) is 0 Å². The quantitative estimate of drug-likeness (QED) is 0.0201. The van der Waals surface area contributed by atoms with E-state index in [-0.39, 0.29) is 44.2 Å². The van der Waals surface area contributed by atoms with Crippen LogP contribution in [0.15, 0.2) is 4.99 Å². The average molecular weight is 910 g/mol. The van der Waals surface area contributed by atoms with Crippen molar-refractivity contribution < 1.29 is 53.1 Å². The fourth-order valence-corrected chi connectivity index (χ4v) is 6.85. The molecule has 1 aliphatic heterocycles. The van der Waals surface area contributed by atoms with Gasteiger partial charge in [0.05, 0.1) is 12.5 Å². The van der Waals surface area contributed by atoms with Gasteiger partial charge in [0.2, 0.25) is 59.1 Å². The van der Waals surface area contributed by atoms with Crippen molar-refractivity contribution in [2.24, 2.45) is 39.8 Å². The fourth-order valence-electron chi connectivity index (χ4n) is 6.85. The first kappa shape index (κ1) is 55.9. The Kier molecular flexibility index (Phi) is 24.4. The minimum atomic E-state index is -1.75. The number of hydrogen-bond donors (Lipinski definition) is 12. The fraction of sp³-hybridized carbons (Fsp3) is 0.725. The van der Waals surface area contributed by atoms with Crippen LogP contribution in [0.4, 0.5) is 0 Å². The molecule has 0 aromatic heterocycles. The van der Waals surface area contributed by atoms with E-state index in [4.69, 9.17) is 22.9 Å². The van der Waals surface area contributed by atoms with E-state index in [1.54, 1.807) is 34.6 Å². The topological polar surface area (TPSA) is 395 Å². The molecular weight excluding hydrogens is 839 g/mol. The van der Waals surface area contributed by atoms with Crippen molar-refractivity contribution in [1.82, 2.24) is 42.1 Å². The molecule has 24 heteroatoms. The Labute approximate surface area is 373 Å². The molecule has 10 amide bonds. The second-order valence-corrected chi connectivity index (χ2v) is 16.1. The molecule has 0 spiro atoms. The molecule has 1 heterocycles. The van der Waals surface area contributed by atoms with Gasteiger partial charge < -0.3 is 70.2 Å². The van der Waals surface area contributed by atoms with Crippen molar-refractivity contribution in [3.8, 4) is 0 Å². The van der Waals surface area contributed by atoms with Gasteiger partial charge in [0.1, 0.15) is 42.3 Å². The Morgan fingerprint density at radius 1 is 0.672 bits per heavy atom. The number of rotatable bonds is 28. The lowest BCUT2D eigenvalue weighted by molar-refractivity contribution is -0.142. The maximum absolute atomic E-state index is 14.1. The molecule has 10 atom stereocenters. The number of aliphatic hydroxyl groups excluding tert-OH is 1. The molecule has 24 nitrogen and oxygen atoms in total. The largest absolute Gasteiger partial charge is 0.391 e. The molecule has 0 unspecified atom stereocenters. The van der Waals surface area contributed by atoms with Crippen LogP contribution >= 0.6 is 0 Å². The highest BCUT2D eigenvalue weighted by Gasteiger charge is 2.40. The molecule has 362 valence electrons. The predicted molar refractivity (Wildman–Crippen MR) is 233 cm³/mol. The molecule has 16 N–H and O–H groups in total.